The number of rotatable bonds is 6. The van der Waals surface area contributed by atoms with Crippen LogP contribution in [0.5, 0.6) is 0 Å². The first kappa shape index (κ1) is 16.9. The van der Waals surface area contributed by atoms with Crippen molar-refractivity contribution in [1.82, 2.24) is 4.98 Å². The molecule has 126 valence electrons. The number of methoxy groups -OCH3 is 1. The molecule has 1 aromatic heterocycles. The largest absolute Gasteiger partial charge is 0.469 e. The van der Waals surface area contributed by atoms with Crippen molar-refractivity contribution in [2.75, 3.05) is 7.11 Å². The molecule has 3 aromatic rings. The number of esters is 1. The number of fused-ring (bicyclic) bond motifs is 1. The van der Waals surface area contributed by atoms with E-state index in [9.17, 15) is 4.79 Å². The van der Waals surface area contributed by atoms with Gasteiger partial charge in [0.15, 0.2) is 0 Å². The molecule has 0 radical (unpaired) electrons. The van der Waals surface area contributed by atoms with Crippen LogP contribution in [0.15, 0.2) is 61.4 Å². The van der Waals surface area contributed by atoms with Gasteiger partial charge in [-0.25, -0.2) is 0 Å². The zero-order valence-electron chi connectivity index (χ0n) is 14.4. The molecular formula is C22H21NO2. The Morgan fingerprint density at radius 1 is 1.12 bits per heavy atom. The zero-order chi connectivity index (χ0) is 17.6. The van der Waals surface area contributed by atoms with Crippen molar-refractivity contribution in [3.63, 3.8) is 0 Å². The van der Waals surface area contributed by atoms with Gasteiger partial charge in [-0.2, -0.15) is 0 Å². The average molecular weight is 331 g/mol. The highest BCUT2D eigenvalue weighted by Crippen LogP contribution is 2.24. The lowest BCUT2D eigenvalue weighted by molar-refractivity contribution is -0.140. The molecule has 0 aliphatic heterocycles. The summed E-state index contributed by atoms with van der Waals surface area (Å²) in [6, 6.07) is 14.7. The van der Waals surface area contributed by atoms with Gasteiger partial charge in [0.2, 0.25) is 0 Å². The highest BCUT2D eigenvalue weighted by atomic mass is 16.5. The fraction of sp³-hybridized carbons (Fsp3) is 0.182. The van der Waals surface area contributed by atoms with Gasteiger partial charge < -0.3 is 4.74 Å². The van der Waals surface area contributed by atoms with Crippen molar-refractivity contribution in [2.45, 2.75) is 19.3 Å². The summed E-state index contributed by atoms with van der Waals surface area (Å²) in [5, 5.41) is 2.32. The van der Waals surface area contributed by atoms with Crippen LogP contribution in [-0.4, -0.2) is 18.1 Å². The van der Waals surface area contributed by atoms with E-state index in [-0.39, 0.29) is 5.97 Å². The molecule has 0 amide bonds. The van der Waals surface area contributed by atoms with Gasteiger partial charge in [-0.15, -0.1) is 0 Å². The van der Waals surface area contributed by atoms with Gasteiger partial charge in [-0.1, -0.05) is 55.1 Å². The Labute approximate surface area is 148 Å². The summed E-state index contributed by atoms with van der Waals surface area (Å²) in [6.45, 7) is 3.87. The molecular weight excluding hydrogens is 310 g/mol. The fourth-order valence-electron chi connectivity index (χ4n) is 3.06. The molecule has 0 saturated heterocycles. The van der Waals surface area contributed by atoms with Gasteiger partial charge in [0.25, 0.3) is 0 Å². The van der Waals surface area contributed by atoms with Crippen molar-refractivity contribution in [2.24, 2.45) is 0 Å². The van der Waals surface area contributed by atoms with E-state index in [0.29, 0.717) is 12.8 Å². The van der Waals surface area contributed by atoms with Gasteiger partial charge in [0.05, 0.1) is 7.11 Å². The number of aryl methyl sites for hydroxylation is 1. The number of hydrogen-bond acceptors (Lipinski definition) is 3. The second-order valence-corrected chi connectivity index (χ2v) is 6.02. The maximum atomic E-state index is 11.3. The Balaban J connectivity index is 1.87. The molecule has 0 saturated carbocycles. The molecule has 0 atom stereocenters. The molecule has 3 rings (SSSR count). The Morgan fingerprint density at radius 2 is 1.92 bits per heavy atom. The van der Waals surface area contributed by atoms with E-state index in [1.165, 1.54) is 23.6 Å². The number of pyridine rings is 1. The predicted molar refractivity (Wildman–Crippen MR) is 101 cm³/mol. The molecule has 25 heavy (non-hydrogen) atoms. The maximum Gasteiger partial charge on any atom is 0.305 e. The SMILES string of the molecule is C=Cc1cncc2c(Cc3cccc(CCC(=O)OC)c3)cccc12. The summed E-state index contributed by atoms with van der Waals surface area (Å²) in [7, 11) is 1.42. The Kier molecular flexibility index (Phi) is 5.24. The Morgan fingerprint density at radius 3 is 2.72 bits per heavy atom. The number of benzene rings is 2. The third-order valence-corrected chi connectivity index (χ3v) is 4.38. The highest BCUT2D eigenvalue weighted by Gasteiger charge is 2.07. The van der Waals surface area contributed by atoms with Gasteiger partial charge in [0, 0.05) is 29.8 Å². The molecule has 0 fully saturated rings. The van der Waals surface area contributed by atoms with Crippen molar-refractivity contribution in [1.29, 1.82) is 0 Å². The van der Waals surface area contributed by atoms with Gasteiger partial charge in [-0.3, -0.25) is 9.78 Å². The maximum absolute atomic E-state index is 11.3. The molecule has 0 aliphatic rings. The third kappa shape index (κ3) is 3.94. The first-order valence-corrected chi connectivity index (χ1v) is 8.34. The van der Waals surface area contributed by atoms with E-state index < -0.39 is 0 Å². The van der Waals surface area contributed by atoms with Crippen LogP contribution in [0, 0.1) is 0 Å². The minimum atomic E-state index is -0.178. The standard InChI is InChI=1S/C22H21NO2/c1-3-18-14-23-15-21-19(8-5-9-20(18)21)13-17-7-4-6-16(12-17)10-11-22(24)25-2/h3-9,12,14-15H,1,10-11,13H2,2H3. The second kappa shape index (κ2) is 7.75. The van der Waals surface area contributed by atoms with Crippen LogP contribution in [0.3, 0.4) is 0 Å². The number of aromatic nitrogens is 1. The summed E-state index contributed by atoms with van der Waals surface area (Å²) in [5.74, 6) is -0.178. The summed E-state index contributed by atoms with van der Waals surface area (Å²) in [6.07, 6.45) is 7.52. The monoisotopic (exact) mass is 331 g/mol. The molecule has 3 nitrogen and oxygen atoms in total. The third-order valence-electron chi connectivity index (χ3n) is 4.38. The molecule has 1 heterocycles. The number of ether oxygens (including phenoxy) is 1. The van der Waals surface area contributed by atoms with Crippen LogP contribution >= 0.6 is 0 Å². The van der Waals surface area contributed by atoms with Crippen LogP contribution in [0.2, 0.25) is 0 Å². The van der Waals surface area contributed by atoms with Crippen LogP contribution in [0.25, 0.3) is 16.8 Å². The molecule has 2 aromatic carbocycles. The van der Waals surface area contributed by atoms with Crippen molar-refractivity contribution in [3.05, 3.63) is 83.7 Å². The molecule has 0 spiro atoms. The number of carbonyl (C=O) groups excluding carboxylic acids is 1. The van der Waals surface area contributed by atoms with Crippen molar-refractivity contribution >= 4 is 22.8 Å². The lowest BCUT2D eigenvalue weighted by atomic mass is 9.96. The van der Waals surface area contributed by atoms with Gasteiger partial charge in [-0.05, 0) is 34.9 Å². The summed E-state index contributed by atoms with van der Waals surface area (Å²) >= 11 is 0. The number of nitrogens with zero attached hydrogens (tertiary/aromatic N) is 1. The van der Waals surface area contributed by atoms with E-state index in [0.717, 1.165) is 22.9 Å². The van der Waals surface area contributed by atoms with Gasteiger partial charge in [0.1, 0.15) is 0 Å². The van der Waals surface area contributed by atoms with Crippen LogP contribution in [-0.2, 0) is 22.4 Å². The van der Waals surface area contributed by atoms with Gasteiger partial charge >= 0.3 is 5.97 Å². The minimum Gasteiger partial charge on any atom is -0.469 e. The van der Waals surface area contributed by atoms with E-state index >= 15 is 0 Å². The fourth-order valence-corrected chi connectivity index (χ4v) is 3.06. The first-order valence-electron chi connectivity index (χ1n) is 8.34. The lowest BCUT2D eigenvalue weighted by Gasteiger charge is -2.09. The van der Waals surface area contributed by atoms with Crippen molar-refractivity contribution < 1.29 is 9.53 Å². The second-order valence-electron chi connectivity index (χ2n) is 6.02. The topological polar surface area (TPSA) is 39.2 Å². The molecule has 0 aliphatic carbocycles. The number of carbonyl (C=O) groups is 1. The minimum absolute atomic E-state index is 0.178. The Bertz CT molecular complexity index is 915. The molecule has 3 heteroatoms. The quantitative estimate of drug-likeness (QED) is 0.621. The molecule has 0 N–H and O–H groups in total. The van der Waals surface area contributed by atoms with E-state index in [1.54, 1.807) is 0 Å². The van der Waals surface area contributed by atoms with Crippen molar-refractivity contribution in [3.8, 4) is 0 Å². The van der Waals surface area contributed by atoms with Crippen LogP contribution in [0.1, 0.15) is 28.7 Å². The molecule has 0 bridgehead atoms. The molecule has 0 unspecified atom stereocenters. The first-order chi connectivity index (χ1) is 12.2. The van der Waals surface area contributed by atoms with E-state index in [1.807, 2.05) is 30.6 Å². The predicted octanol–water partition coefficient (Wildman–Crippen LogP) is 4.57. The number of hydrogen-bond donors (Lipinski definition) is 0. The van der Waals surface area contributed by atoms with E-state index in [4.69, 9.17) is 4.74 Å². The average Bonchev–Trinajstić information content (AvgIpc) is 2.66. The van der Waals surface area contributed by atoms with Crippen LogP contribution < -0.4 is 0 Å². The normalized spacial score (nSPS) is 10.6. The highest BCUT2D eigenvalue weighted by molar-refractivity contribution is 5.91. The summed E-state index contributed by atoms with van der Waals surface area (Å²) in [4.78, 5) is 15.7. The summed E-state index contributed by atoms with van der Waals surface area (Å²) in [5.41, 5.74) is 4.65. The zero-order valence-corrected chi connectivity index (χ0v) is 14.4. The Hall–Kier alpha value is -2.94. The smallest absolute Gasteiger partial charge is 0.305 e. The summed E-state index contributed by atoms with van der Waals surface area (Å²) < 4.78 is 4.71. The van der Waals surface area contributed by atoms with E-state index in [2.05, 4.69) is 41.9 Å². The van der Waals surface area contributed by atoms with Crippen LogP contribution in [0.4, 0.5) is 0 Å². The lowest BCUT2D eigenvalue weighted by Crippen LogP contribution is -2.02.